The number of hydrogen-bond acceptors (Lipinski definition) is 1. The van der Waals surface area contributed by atoms with E-state index in [4.69, 9.17) is 0 Å². The first kappa shape index (κ1) is 12.2. The van der Waals surface area contributed by atoms with Crippen LogP contribution in [-0.4, -0.2) is 5.78 Å². The number of carbonyl (C=O) groups excluding carboxylic acids is 1. The van der Waals surface area contributed by atoms with Crippen LogP contribution in [0.2, 0.25) is 0 Å². The van der Waals surface area contributed by atoms with E-state index in [1.807, 2.05) is 0 Å². The zero-order valence-electron chi connectivity index (χ0n) is 9.72. The van der Waals surface area contributed by atoms with Gasteiger partial charge in [0, 0.05) is 5.92 Å². The average molecular weight is 238 g/mol. The second-order valence-electron chi connectivity index (χ2n) is 4.65. The molecule has 1 aliphatic rings. The van der Waals surface area contributed by atoms with Crippen molar-refractivity contribution in [2.24, 2.45) is 5.92 Å². The highest BCUT2D eigenvalue weighted by molar-refractivity contribution is 5.98. The summed E-state index contributed by atoms with van der Waals surface area (Å²) in [5, 5.41) is 0. The van der Waals surface area contributed by atoms with Gasteiger partial charge in [-0.05, 0) is 25.0 Å². The molecule has 0 unspecified atom stereocenters. The third kappa shape index (κ3) is 2.71. The average Bonchev–Trinajstić information content (AvgIpc) is 2.60. The molecule has 0 amide bonds. The van der Waals surface area contributed by atoms with Gasteiger partial charge in [0.2, 0.25) is 0 Å². The van der Waals surface area contributed by atoms with Crippen molar-refractivity contribution in [1.29, 1.82) is 0 Å². The van der Waals surface area contributed by atoms with Gasteiger partial charge in [-0.25, -0.2) is 8.78 Å². The van der Waals surface area contributed by atoms with E-state index < -0.39 is 11.6 Å². The van der Waals surface area contributed by atoms with Gasteiger partial charge >= 0.3 is 0 Å². The predicted molar refractivity (Wildman–Crippen MR) is 61.9 cm³/mol. The van der Waals surface area contributed by atoms with E-state index >= 15 is 0 Å². The van der Waals surface area contributed by atoms with Crippen molar-refractivity contribution in [2.75, 3.05) is 0 Å². The van der Waals surface area contributed by atoms with Crippen LogP contribution < -0.4 is 0 Å². The van der Waals surface area contributed by atoms with E-state index in [0.717, 1.165) is 44.6 Å². The molecule has 0 saturated heterocycles. The Bertz CT molecular complexity index is 407. The van der Waals surface area contributed by atoms with Crippen molar-refractivity contribution < 1.29 is 13.6 Å². The first-order valence-corrected chi connectivity index (χ1v) is 6.18. The lowest BCUT2D eigenvalue weighted by Gasteiger charge is -2.13. The van der Waals surface area contributed by atoms with Crippen LogP contribution in [0.5, 0.6) is 0 Å². The quantitative estimate of drug-likeness (QED) is 0.559. The number of Topliss-reactive ketones (excluding diaryl/α,β-unsaturated/α-hetero) is 1. The van der Waals surface area contributed by atoms with Crippen molar-refractivity contribution >= 4 is 5.78 Å². The lowest BCUT2D eigenvalue weighted by Crippen LogP contribution is -2.16. The maximum atomic E-state index is 13.5. The topological polar surface area (TPSA) is 17.1 Å². The van der Waals surface area contributed by atoms with Crippen LogP contribution in [-0.2, 0) is 0 Å². The monoisotopic (exact) mass is 238 g/mol. The molecule has 0 N–H and O–H groups in total. The zero-order chi connectivity index (χ0) is 12.3. The molecule has 17 heavy (non-hydrogen) atoms. The van der Waals surface area contributed by atoms with Gasteiger partial charge in [0.05, 0.1) is 5.56 Å². The molecule has 92 valence electrons. The Hall–Kier alpha value is -1.25. The largest absolute Gasteiger partial charge is 0.294 e. The third-order valence-electron chi connectivity index (χ3n) is 3.44. The Kier molecular flexibility index (Phi) is 3.87. The minimum atomic E-state index is -0.998. The Morgan fingerprint density at radius 2 is 1.71 bits per heavy atom. The molecule has 1 saturated carbocycles. The molecule has 2 rings (SSSR count). The maximum absolute atomic E-state index is 13.5. The molecule has 1 aromatic rings. The van der Waals surface area contributed by atoms with Gasteiger partial charge < -0.3 is 0 Å². The second-order valence-corrected chi connectivity index (χ2v) is 4.65. The molecule has 0 heterocycles. The standard InChI is InChI=1S/C14H16F2O/c15-12-9-5-8-11(13(12)16)14(17)10-6-3-1-2-4-7-10/h5,8-10H,1-4,6-7H2. The highest BCUT2D eigenvalue weighted by Gasteiger charge is 2.24. The molecule has 0 radical (unpaired) electrons. The Morgan fingerprint density at radius 1 is 1.06 bits per heavy atom. The minimum Gasteiger partial charge on any atom is -0.294 e. The van der Waals surface area contributed by atoms with Crippen LogP contribution in [0.3, 0.4) is 0 Å². The second kappa shape index (κ2) is 5.39. The lowest BCUT2D eigenvalue weighted by molar-refractivity contribution is 0.0902. The Balaban J connectivity index is 2.20. The highest BCUT2D eigenvalue weighted by Crippen LogP contribution is 2.27. The van der Waals surface area contributed by atoms with Gasteiger partial charge in [-0.3, -0.25) is 4.79 Å². The molecule has 1 aromatic carbocycles. The normalized spacial score (nSPS) is 17.8. The molecule has 0 spiro atoms. The van der Waals surface area contributed by atoms with Crippen LogP contribution >= 0.6 is 0 Å². The summed E-state index contributed by atoms with van der Waals surface area (Å²) in [6.45, 7) is 0. The fraction of sp³-hybridized carbons (Fsp3) is 0.500. The highest BCUT2D eigenvalue weighted by atomic mass is 19.2. The number of ketones is 1. The fourth-order valence-electron chi connectivity index (χ4n) is 2.46. The van der Waals surface area contributed by atoms with E-state index in [9.17, 15) is 13.6 Å². The molecule has 1 fully saturated rings. The molecular weight excluding hydrogens is 222 g/mol. The molecular formula is C14H16F2O. The van der Waals surface area contributed by atoms with Gasteiger partial charge in [0.1, 0.15) is 0 Å². The molecule has 0 aromatic heterocycles. The fourth-order valence-corrected chi connectivity index (χ4v) is 2.46. The number of carbonyl (C=O) groups is 1. The minimum absolute atomic E-state index is 0.0862. The van der Waals surface area contributed by atoms with Gasteiger partial charge in [0.25, 0.3) is 0 Å². The smallest absolute Gasteiger partial charge is 0.169 e. The van der Waals surface area contributed by atoms with Crippen LogP contribution in [0.4, 0.5) is 8.78 Å². The van der Waals surface area contributed by atoms with Crippen molar-refractivity contribution in [3.05, 3.63) is 35.4 Å². The summed E-state index contributed by atoms with van der Waals surface area (Å²) in [6.07, 6.45) is 5.88. The molecule has 0 aliphatic heterocycles. The van der Waals surface area contributed by atoms with Gasteiger partial charge in [-0.2, -0.15) is 0 Å². The van der Waals surface area contributed by atoms with Gasteiger partial charge in [-0.1, -0.05) is 31.7 Å². The summed E-state index contributed by atoms with van der Waals surface area (Å²) < 4.78 is 26.6. The van der Waals surface area contributed by atoms with Crippen molar-refractivity contribution in [3.8, 4) is 0 Å². The van der Waals surface area contributed by atoms with E-state index in [0.29, 0.717) is 0 Å². The van der Waals surface area contributed by atoms with E-state index in [1.54, 1.807) is 0 Å². The molecule has 3 heteroatoms. The Labute approximate surface area is 99.8 Å². The van der Waals surface area contributed by atoms with E-state index in [2.05, 4.69) is 0 Å². The van der Waals surface area contributed by atoms with Crippen LogP contribution in [0.15, 0.2) is 18.2 Å². The number of benzene rings is 1. The van der Waals surface area contributed by atoms with Gasteiger partial charge in [0.15, 0.2) is 17.4 Å². The van der Waals surface area contributed by atoms with E-state index in [1.165, 1.54) is 12.1 Å². The summed E-state index contributed by atoms with van der Waals surface area (Å²) in [7, 11) is 0. The number of halogens is 2. The van der Waals surface area contributed by atoms with Crippen LogP contribution in [0, 0.1) is 17.6 Å². The van der Waals surface area contributed by atoms with Crippen molar-refractivity contribution in [1.82, 2.24) is 0 Å². The van der Waals surface area contributed by atoms with Gasteiger partial charge in [-0.15, -0.1) is 0 Å². The van der Waals surface area contributed by atoms with Crippen molar-refractivity contribution in [3.63, 3.8) is 0 Å². The van der Waals surface area contributed by atoms with E-state index in [-0.39, 0.29) is 17.3 Å². The summed E-state index contributed by atoms with van der Waals surface area (Å²) in [5.74, 6) is -2.30. The number of hydrogen-bond donors (Lipinski definition) is 0. The van der Waals surface area contributed by atoms with Crippen molar-refractivity contribution in [2.45, 2.75) is 38.5 Å². The van der Waals surface area contributed by atoms with Crippen LogP contribution in [0.25, 0.3) is 0 Å². The third-order valence-corrected chi connectivity index (χ3v) is 3.44. The summed E-state index contributed by atoms with van der Waals surface area (Å²) in [6, 6.07) is 3.81. The molecule has 0 atom stereocenters. The molecule has 0 bridgehead atoms. The zero-order valence-corrected chi connectivity index (χ0v) is 9.72. The SMILES string of the molecule is O=C(c1cccc(F)c1F)C1CCCCCC1. The first-order chi connectivity index (χ1) is 8.20. The predicted octanol–water partition coefficient (Wildman–Crippen LogP) is 4.12. The maximum Gasteiger partial charge on any atom is 0.169 e. The number of rotatable bonds is 2. The molecule has 1 nitrogen and oxygen atoms in total. The Morgan fingerprint density at radius 3 is 2.35 bits per heavy atom. The first-order valence-electron chi connectivity index (χ1n) is 6.18. The molecule has 1 aliphatic carbocycles. The van der Waals surface area contributed by atoms with Crippen LogP contribution in [0.1, 0.15) is 48.9 Å². The summed E-state index contributed by atoms with van der Waals surface area (Å²) in [5.41, 5.74) is -0.0862. The summed E-state index contributed by atoms with van der Waals surface area (Å²) >= 11 is 0. The summed E-state index contributed by atoms with van der Waals surface area (Å²) in [4.78, 5) is 12.1. The lowest BCUT2D eigenvalue weighted by atomic mass is 9.91.